The van der Waals surface area contributed by atoms with Crippen LogP contribution in [-0.2, 0) is 6.54 Å². The molecule has 0 aliphatic heterocycles. The van der Waals surface area contributed by atoms with Crippen LogP contribution in [-0.4, -0.2) is 0 Å². The summed E-state index contributed by atoms with van der Waals surface area (Å²) in [4.78, 5) is 0. The highest BCUT2D eigenvalue weighted by molar-refractivity contribution is 6.05. The summed E-state index contributed by atoms with van der Waals surface area (Å²) in [6, 6.07) is 17.0. The van der Waals surface area contributed by atoms with Gasteiger partial charge in [0.2, 0.25) is 0 Å². The van der Waals surface area contributed by atoms with Gasteiger partial charge < -0.3 is 9.73 Å². The monoisotopic (exact) mass is 309 g/mol. The van der Waals surface area contributed by atoms with Crippen LogP contribution in [0.3, 0.4) is 0 Å². The number of fused-ring (bicyclic) bond motifs is 3. The van der Waals surface area contributed by atoms with Crippen molar-refractivity contribution in [3.8, 4) is 0 Å². The highest BCUT2D eigenvalue weighted by Crippen LogP contribution is 2.30. The number of hydrogen-bond donors (Lipinski definition) is 1. The Balaban J connectivity index is 1.66. The van der Waals surface area contributed by atoms with Gasteiger partial charge in [-0.1, -0.05) is 18.2 Å². The number of para-hydroxylation sites is 1. The molecule has 23 heavy (non-hydrogen) atoms. The van der Waals surface area contributed by atoms with Crippen molar-refractivity contribution >= 4 is 27.6 Å². The minimum absolute atomic E-state index is 0.213. The highest BCUT2D eigenvalue weighted by atomic mass is 19.1. The molecule has 0 saturated heterocycles. The topological polar surface area (TPSA) is 25.2 Å². The number of rotatable bonds is 3. The molecular formula is C19H13F2NO. The summed E-state index contributed by atoms with van der Waals surface area (Å²) >= 11 is 0. The lowest BCUT2D eigenvalue weighted by Crippen LogP contribution is -2.02. The molecule has 0 radical (unpaired) electrons. The van der Waals surface area contributed by atoms with Crippen LogP contribution in [0.15, 0.2) is 65.1 Å². The van der Waals surface area contributed by atoms with Crippen LogP contribution < -0.4 is 5.32 Å². The van der Waals surface area contributed by atoms with Gasteiger partial charge in [-0.15, -0.1) is 0 Å². The molecule has 0 unspecified atom stereocenters. The average molecular weight is 309 g/mol. The number of hydrogen-bond acceptors (Lipinski definition) is 2. The van der Waals surface area contributed by atoms with Gasteiger partial charge in [-0.2, -0.15) is 0 Å². The van der Waals surface area contributed by atoms with Gasteiger partial charge in [0.05, 0.1) is 0 Å². The zero-order valence-corrected chi connectivity index (χ0v) is 12.1. The highest BCUT2D eigenvalue weighted by Gasteiger charge is 2.08. The Hall–Kier alpha value is -2.88. The number of halogens is 2. The van der Waals surface area contributed by atoms with Crippen molar-refractivity contribution in [2.24, 2.45) is 0 Å². The molecule has 0 bridgehead atoms. The maximum absolute atomic E-state index is 13.7. The lowest BCUT2D eigenvalue weighted by molar-refractivity contribution is 0.587. The van der Waals surface area contributed by atoms with Crippen molar-refractivity contribution in [2.75, 3.05) is 5.32 Å². The minimum atomic E-state index is -0.445. The first-order valence-electron chi connectivity index (χ1n) is 7.30. The molecule has 114 valence electrons. The third-order valence-corrected chi connectivity index (χ3v) is 3.87. The molecule has 1 heterocycles. The molecule has 0 aliphatic carbocycles. The number of benzene rings is 3. The van der Waals surface area contributed by atoms with Crippen molar-refractivity contribution in [3.05, 3.63) is 77.9 Å². The molecule has 2 nitrogen and oxygen atoms in total. The predicted octanol–water partition coefficient (Wildman–Crippen LogP) is 5.48. The Bertz CT molecular complexity index is 1010. The molecule has 0 fully saturated rings. The largest absolute Gasteiger partial charge is 0.456 e. The van der Waals surface area contributed by atoms with E-state index in [1.807, 2.05) is 42.5 Å². The SMILES string of the molecule is Fc1ccc(F)c(CNc2ccc3oc4ccccc4c3c2)c1. The van der Waals surface area contributed by atoms with Crippen LogP contribution in [0.5, 0.6) is 0 Å². The first-order valence-corrected chi connectivity index (χ1v) is 7.30. The summed E-state index contributed by atoms with van der Waals surface area (Å²) in [6.45, 7) is 0.213. The Morgan fingerprint density at radius 2 is 1.65 bits per heavy atom. The fourth-order valence-electron chi connectivity index (χ4n) is 2.71. The number of furan rings is 1. The smallest absolute Gasteiger partial charge is 0.135 e. The first-order chi connectivity index (χ1) is 11.2. The summed E-state index contributed by atoms with van der Waals surface area (Å²) in [5.74, 6) is -0.867. The third-order valence-electron chi connectivity index (χ3n) is 3.87. The van der Waals surface area contributed by atoms with Gasteiger partial charge in [0.1, 0.15) is 22.8 Å². The van der Waals surface area contributed by atoms with Crippen LogP contribution >= 0.6 is 0 Å². The Labute approximate surface area is 131 Å². The van der Waals surface area contributed by atoms with Crippen LogP contribution in [0.1, 0.15) is 5.56 Å². The Morgan fingerprint density at radius 1 is 0.826 bits per heavy atom. The molecule has 1 aromatic heterocycles. The first kappa shape index (κ1) is 13.8. The van der Waals surface area contributed by atoms with Crippen molar-refractivity contribution < 1.29 is 13.2 Å². The zero-order chi connectivity index (χ0) is 15.8. The molecule has 0 atom stereocenters. The van der Waals surface area contributed by atoms with Gasteiger partial charge >= 0.3 is 0 Å². The maximum atomic E-state index is 13.7. The summed E-state index contributed by atoms with van der Waals surface area (Å²) in [7, 11) is 0. The van der Waals surface area contributed by atoms with Gasteiger partial charge in [-0.25, -0.2) is 8.78 Å². The second-order valence-corrected chi connectivity index (χ2v) is 5.40. The summed E-state index contributed by atoms with van der Waals surface area (Å²) in [5, 5.41) is 5.15. The molecule has 3 aromatic carbocycles. The van der Waals surface area contributed by atoms with Gasteiger partial charge in [0, 0.05) is 28.6 Å². The standard InChI is InChI=1S/C19H13F2NO/c20-13-5-7-17(21)12(9-13)11-22-14-6-8-19-16(10-14)15-3-1-2-4-18(15)23-19/h1-10,22H,11H2. The fraction of sp³-hybridized carbons (Fsp3) is 0.0526. The van der Waals surface area contributed by atoms with Crippen LogP contribution in [0.25, 0.3) is 21.9 Å². The second kappa shape index (κ2) is 5.39. The van der Waals surface area contributed by atoms with E-state index < -0.39 is 11.6 Å². The third kappa shape index (κ3) is 2.52. The fourth-order valence-corrected chi connectivity index (χ4v) is 2.71. The van der Waals surface area contributed by atoms with Crippen molar-refractivity contribution in [3.63, 3.8) is 0 Å². The van der Waals surface area contributed by atoms with E-state index in [-0.39, 0.29) is 6.54 Å². The predicted molar refractivity (Wildman–Crippen MR) is 87.4 cm³/mol. The molecule has 0 spiro atoms. The molecule has 4 aromatic rings. The van der Waals surface area contributed by atoms with Gasteiger partial charge in [0.25, 0.3) is 0 Å². The van der Waals surface area contributed by atoms with E-state index in [2.05, 4.69) is 5.32 Å². The lowest BCUT2D eigenvalue weighted by Gasteiger charge is -2.07. The number of nitrogens with one attached hydrogen (secondary N) is 1. The van der Waals surface area contributed by atoms with E-state index >= 15 is 0 Å². The molecule has 0 saturated carbocycles. The van der Waals surface area contributed by atoms with E-state index in [0.29, 0.717) is 5.56 Å². The Morgan fingerprint density at radius 3 is 2.57 bits per heavy atom. The minimum Gasteiger partial charge on any atom is -0.456 e. The molecule has 4 heteroatoms. The average Bonchev–Trinajstić information content (AvgIpc) is 2.94. The molecular weight excluding hydrogens is 296 g/mol. The molecule has 0 amide bonds. The van der Waals surface area contributed by atoms with Gasteiger partial charge in [-0.05, 0) is 42.5 Å². The van der Waals surface area contributed by atoms with E-state index in [1.54, 1.807) is 0 Å². The Kier molecular flexibility index (Phi) is 3.23. The van der Waals surface area contributed by atoms with Gasteiger partial charge in [-0.3, -0.25) is 0 Å². The summed E-state index contributed by atoms with van der Waals surface area (Å²) in [5.41, 5.74) is 2.75. The molecule has 4 rings (SSSR count). The van der Waals surface area contributed by atoms with Crippen LogP contribution in [0, 0.1) is 11.6 Å². The lowest BCUT2D eigenvalue weighted by atomic mass is 10.1. The van der Waals surface area contributed by atoms with Crippen molar-refractivity contribution in [1.82, 2.24) is 0 Å². The summed E-state index contributed by atoms with van der Waals surface area (Å²) < 4.78 is 32.6. The second-order valence-electron chi connectivity index (χ2n) is 5.40. The summed E-state index contributed by atoms with van der Waals surface area (Å²) in [6.07, 6.45) is 0. The maximum Gasteiger partial charge on any atom is 0.135 e. The van der Waals surface area contributed by atoms with Gasteiger partial charge in [0.15, 0.2) is 0 Å². The molecule has 0 aliphatic rings. The van der Waals surface area contributed by atoms with E-state index in [4.69, 9.17) is 4.42 Å². The van der Waals surface area contributed by atoms with E-state index in [9.17, 15) is 8.78 Å². The quantitative estimate of drug-likeness (QED) is 0.542. The van der Waals surface area contributed by atoms with E-state index in [0.717, 1.165) is 39.8 Å². The number of anilines is 1. The van der Waals surface area contributed by atoms with Crippen molar-refractivity contribution in [1.29, 1.82) is 0 Å². The van der Waals surface area contributed by atoms with Crippen molar-refractivity contribution in [2.45, 2.75) is 6.54 Å². The molecule has 1 N–H and O–H groups in total. The normalized spacial score (nSPS) is 11.2. The van der Waals surface area contributed by atoms with E-state index in [1.165, 1.54) is 6.07 Å². The van der Waals surface area contributed by atoms with Crippen LogP contribution in [0.2, 0.25) is 0 Å². The zero-order valence-electron chi connectivity index (χ0n) is 12.1. The van der Waals surface area contributed by atoms with Crippen LogP contribution in [0.4, 0.5) is 14.5 Å².